The van der Waals surface area contributed by atoms with E-state index >= 15 is 0 Å². The lowest BCUT2D eigenvalue weighted by atomic mass is 10.0. The molecular weight excluding hydrogens is 286 g/mol. The first-order chi connectivity index (χ1) is 10.1. The Morgan fingerprint density at radius 3 is 2.67 bits per heavy atom. The maximum Gasteiger partial charge on any atom is 0.223 e. The maximum absolute atomic E-state index is 6.02. The fourth-order valence-corrected chi connectivity index (χ4v) is 2.91. The van der Waals surface area contributed by atoms with Gasteiger partial charge in [-0.2, -0.15) is 4.98 Å². The van der Waals surface area contributed by atoms with Crippen molar-refractivity contribution in [2.45, 2.75) is 6.04 Å². The third kappa shape index (κ3) is 3.09. The number of anilines is 2. The highest BCUT2D eigenvalue weighted by Crippen LogP contribution is 2.30. The van der Waals surface area contributed by atoms with Crippen molar-refractivity contribution in [3.63, 3.8) is 0 Å². The predicted molar refractivity (Wildman–Crippen MR) is 85.5 cm³/mol. The number of aromatic nitrogens is 2. The molecular formula is C15H18ClN5. The SMILES string of the molecule is CN1CCN(c2cc(Cl)nc(N)n2)C(c2ccccc2)C1. The van der Waals surface area contributed by atoms with Crippen LogP contribution in [0.1, 0.15) is 11.6 Å². The highest BCUT2D eigenvalue weighted by molar-refractivity contribution is 6.29. The Bertz CT molecular complexity index is 598. The van der Waals surface area contributed by atoms with Crippen LogP contribution in [-0.4, -0.2) is 41.5 Å². The van der Waals surface area contributed by atoms with Crippen molar-refractivity contribution in [2.24, 2.45) is 0 Å². The molecule has 1 atom stereocenters. The lowest BCUT2D eigenvalue weighted by Gasteiger charge is -2.41. The Labute approximate surface area is 129 Å². The van der Waals surface area contributed by atoms with Crippen LogP contribution < -0.4 is 10.6 Å². The predicted octanol–water partition coefficient (Wildman–Crippen LogP) is 2.21. The lowest BCUT2D eigenvalue weighted by molar-refractivity contribution is 0.268. The van der Waals surface area contributed by atoms with E-state index in [-0.39, 0.29) is 12.0 Å². The van der Waals surface area contributed by atoms with Crippen molar-refractivity contribution in [2.75, 3.05) is 37.3 Å². The Morgan fingerprint density at radius 1 is 1.19 bits per heavy atom. The number of nitrogens with zero attached hydrogens (tertiary/aromatic N) is 4. The van der Waals surface area contributed by atoms with Crippen LogP contribution in [0.25, 0.3) is 0 Å². The van der Waals surface area contributed by atoms with Gasteiger partial charge in [0.05, 0.1) is 6.04 Å². The van der Waals surface area contributed by atoms with Gasteiger partial charge >= 0.3 is 0 Å². The topological polar surface area (TPSA) is 58.3 Å². The van der Waals surface area contributed by atoms with Crippen LogP contribution in [0.15, 0.2) is 36.4 Å². The number of piperazine rings is 1. The summed E-state index contributed by atoms with van der Waals surface area (Å²) in [6, 6.07) is 12.4. The molecule has 5 nitrogen and oxygen atoms in total. The molecule has 2 N–H and O–H groups in total. The number of likely N-dealkylation sites (N-methyl/N-ethyl adjacent to an activating group) is 1. The molecule has 2 aromatic rings. The van der Waals surface area contributed by atoms with Gasteiger partial charge < -0.3 is 15.5 Å². The number of benzene rings is 1. The molecule has 3 rings (SSSR count). The first kappa shape index (κ1) is 14.1. The number of hydrogen-bond acceptors (Lipinski definition) is 5. The Morgan fingerprint density at radius 2 is 1.95 bits per heavy atom. The van der Waals surface area contributed by atoms with E-state index in [0.717, 1.165) is 25.5 Å². The van der Waals surface area contributed by atoms with Crippen molar-refractivity contribution in [3.05, 3.63) is 47.1 Å². The maximum atomic E-state index is 6.02. The van der Waals surface area contributed by atoms with E-state index in [4.69, 9.17) is 17.3 Å². The van der Waals surface area contributed by atoms with Crippen molar-refractivity contribution in [1.29, 1.82) is 0 Å². The molecule has 0 bridgehead atoms. The number of nitrogen functional groups attached to an aromatic ring is 1. The Hall–Kier alpha value is -1.85. The minimum absolute atomic E-state index is 0.211. The first-order valence-electron chi connectivity index (χ1n) is 6.93. The molecule has 0 radical (unpaired) electrons. The molecule has 1 aliphatic heterocycles. The summed E-state index contributed by atoms with van der Waals surface area (Å²) in [6.07, 6.45) is 0. The summed E-state index contributed by atoms with van der Waals surface area (Å²) in [7, 11) is 2.13. The second kappa shape index (κ2) is 5.87. The molecule has 21 heavy (non-hydrogen) atoms. The molecule has 1 aliphatic rings. The van der Waals surface area contributed by atoms with E-state index in [1.807, 2.05) is 6.07 Å². The summed E-state index contributed by atoms with van der Waals surface area (Å²) in [4.78, 5) is 12.9. The summed E-state index contributed by atoms with van der Waals surface area (Å²) in [5, 5.41) is 0.378. The molecule has 1 aromatic heterocycles. The van der Waals surface area contributed by atoms with Crippen molar-refractivity contribution < 1.29 is 0 Å². The highest BCUT2D eigenvalue weighted by Gasteiger charge is 2.28. The number of rotatable bonds is 2. The first-order valence-corrected chi connectivity index (χ1v) is 7.31. The second-order valence-corrected chi connectivity index (χ2v) is 5.68. The van der Waals surface area contributed by atoms with Crippen LogP contribution in [0, 0.1) is 0 Å². The smallest absolute Gasteiger partial charge is 0.223 e. The van der Waals surface area contributed by atoms with Crippen LogP contribution in [0.3, 0.4) is 0 Å². The molecule has 6 heteroatoms. The molecule has 0 saturated carbocycles. The van der Waals surface area contributed by atoms with Gasteiger partial charge in [-0.15, -0.1) is 0 Å². The van der Waals surface area contributed by atoms with Gasteiger partial charge in [-0.05, 0) is 12.6 Å². The summed E-state index contributed by atoms with van der Waals surface area (Å²) in [5.74, 6) is 0.998. The lowest BCUT2D eigenvalue weighted by Crippen LogP contribution is -2.47. The largest absolute Gasteiger partial charge is 0.368 e. The van der Waals surface area contributed by atoms with Crippen LogP contribution in [0.5, 0.6) is 0 Å². The molecule has 0 amide bonds. The fraction of sp³-hybridized carbons (Fsp3) is 0.333. The minimum Gasteiger partial charge on any atom is -0.368 e. The standard InChI is InChI=1S/C15H18ClN5/c1-20-7-8-21(14-9-13(16)18-15(17)19-14)12(10-20)11-5-3-2-4-6-11/h2-6,9,12H,7-8,10H2,1H3,(H2,17,18,19). The fourth-order valence-electron chi connectivity index (χ4n) is 2.72. The van der Waals surface area contributed by atoms with E-state index in [2.05, 4.69) is 51.1 Å². The summed E-state index contributed by atoms with van der Waals surface area (Å²) in [5.41, 5.74) is 7.00. The summed E-state index contributed by atoms with van der Waals surface area (Å²) < 4.78 is 0. The van der Waals surface area contributed by atoms with Crippen molar-refractivity contribution >= 4 is 23.4 Å². The summed E-state index contributed by atoms with van der Waals surface area (Å²) >= 11 is 6.02. The number of hydrogen-bond donors (Lipinski definition) is 1. The van der Waals surface area contributed by atoms with Gasteiger partial charge in [0.2, 0.25) is 5.95 Å². The zero-order valence-corrected chi connectivity index (χ0v) is 12.7. The average Bonchev–Trinajstić information content (AvgIpc) is 2.47. The molecule has 0 spiro atoms. The normalized spacial score (nSPS) is 19.7. The van der Waals surface area contributed by atoms with Gasteiger partial charge in [-0.1, -0.05) is 41.9 Å². The molecule has 1 fully saturated rings. The van der Waals surface area contributed by atoms with Crippen LogP contribution in [0.2, 0.25) is 5.15 Å². The van der Waals surface area contributed by atoms with Gasteiger partial charge in [0.15, 0.2) is 0 Å². The molecule has 2 heterocycles. The number of halogens is 1. The van der Waals surface area contributed by atoms with Gasteiger partial charge in [0.1, 0.15) is 11.0 Å². The average molecular weight is 304 g/mol. The van der Waals surface area contributed by atoms with E-state index in [0.29, 0.717) is 5.15 Å². The van der Waals surface area contributed by atoms with E-state index in [9.17, 15) is 0 Å². The van der Waals surface area contributed by atoms with Gasteiger partial charge in [0.25, 0.3) is 0 Å². The van der Waals surface area contributed by atoms with Crippen LogP contribution in [-0.2, 0) is 0 Å². The third-order valence-electron chi connectivity index (χ3n) is 3.76. The molecule has 1 saturated heterocycles. The molecule has 1 unspecified atom stereocenters. The van der Waals surface area contributed by atoms with Crippen LogP contribution >= 0.6 is 11.6 Å². The second-order valence-electron chi connectivity index (χ2n) is 5.29. The zero-order chi connectivity index (χ0) is 14.8. The Kier molecular flexibility index (Phi) is 3.94. The van der Waals surface area contributed by atoms with Crippen molar-refractivity contribution in [3.8, 4) is 0 Å². The van der Waals surface area contributed by atoms with E-state index in [1.54, 1.807) is 6.07 Å². The zero-order valence-electron chi connectivity index (χ0n) is 11.9. The third-order valence-corrected chi connectivity index (χ3v) is 3.95. The van der Waals surface area contributed by atoms with E-state index in [1.165, 1.54) is 5.56 Å². The van der Waals surface area contributed by atoms with Crippen molar-refractivity contribution in [1.82, 2.24) is 14.9 Å². The monoisotopic (exact) mass is 303 g/mol. The molecule has 0 aliphatic carbocycles. The van der Waals surface area contributed by atoms with Crippen LogP contribution in [0.4, 0.5) is 11.8 Å². The van der Waals surface area contributed by atoms with Gasteiger partial charge in [-0.3, -0.25) is 0 Å². The molecule has 110 valence electrons. The van der Waals surface area contributed by atoms with Gasteiger partial charge in [-0.25, -0.2) is 4.98 Å². The summed E-state index contributed by atoms with van der Waals surface area (Å²) in [6.45, 7) is 2.79. The highest BCUT2D eigenvalue weighted by atomic mass is 35.5. The molecule has 1 aromatic carbocycles. The van der Waals surface area contributed by atoms with E-state index < -0.39 is 0 Å². The Balaban J connectivity index is 1.98. The van der Waals surface area contributed by atoms with Gasteiger partial charge in [0, 0.05) is 25.7 Å². The minimum atomic E-state index is 0.211. The number of nitrogens with two attached hydrogens (primary N) is 1. The quantitative estimate of drug-likeness (QED) is 0.862.